The summed E-state index contributed by atoms with van der Waals surface area (Å²) in [7, 11) is 0. The molecule has 0 spiro atoms. The Hall–Kier alpha value is -5.64. The van der Waals surface area contributed by atoms with Crippen LogP contribution in [0.5, 0.6) is 0 Å². The van der Waals surface area contributed by atoms with E-state index in [1.165, 1.54) is 0 Å². The highest BCUT2D eigenvalue weighted by atomic mass is 15.5. The smallest absolute Gasteiger partial charge is 0.369 e. The van der Waals surface area contributed by atoms with Crippen LogP contribution >= 0.6 is 0 Å². The van der Waals surface area contributed by atoms with Gasteiger partial charge in [0.1, 0.15) is 17.1 Å². The van der Waals surface area contributed by atoms with Gasteiger partial charge in [0.15, 0.2) is 0 Å². The number of rotatable bonds is 7. The Morgan fingerprint density at radius 3 is 1.10 bits per heavy atom. The molecule has 6 aromatic heterocycles. The summed E-state index contributed by atoms with van der Waals surface area (Å²) in [6, 6.07) is 33.5. The molecule has 10 heteroatoms. The topological polar surface area (TPSA) is 92.1 Å². The summed E-state index contributed by atoms with van der Waals surface area (Å²) in [6.07, 6.45) is 11.2. The first kappa shape index (κ1) is 23.5. The molecule has 0 aliphatic carbocycles. The van der Waals surface area contributed by atoms with Crippen LogP contribution in [0.15, 0.2) is 140 Å². The van der Waals surface area contributed by atoms with Crippen molar-refractivity contribution < 1.29 is 0 Å². The number of nitrogens with zero attached hydrogens (tertiary/aromatic N) is 9. The third kappa shape index (κ3) is 3.99. The maximum atomic E-state index is 5.08. The van der Waals surface area contributed by atoms with Crippen LogP contribution in [0.25, 0.3) is 34.2 Å². The van der Waals surface area contributed by atoms with E-state index < -0.39 is 6.55 Å². The SMILES string of the molecule is c1ccc([B-](n2ccc(-c3ccccn3)n2)(n2ccc(-c3ccccn3)n2)n2ccc(-c3ccccn3)n2)cc1. The Balaban J connectivity index is 1.49. The fraction of sp³-hybridized carbons (Fsp3) is 0. The van der Waals surface area contributed by atoms with E-state index in [9.17, 15) is 0 Å². The molecule has 0 aliphatic heterocycles. The van der Waals surface area contributed by atoms with Crippen molar-refractivity contribution in [2.45, 2.75) is 0 Å². The molecule has 0 amide bonds. The highest BCUT2D eigenvalue weighted by molar-refractivity contribution is 6.87. The highest BCUT2D eigenvalue weighted by Gasteiger charge is 2.38. The second kappa shape index (κ2) is 9.92. The van der Waals surface area contributed by atoms with Gasteiger partial charge in [0.2, 0.25) is 0 Å². The summed E-state index contributed by atoms with van der Waals surface area (Å²) in [6.45, 7) is -2.12. The molecule has 1 aromatic carbocycles. The number of benzene rings is 1. The third-order valence-corrected chi connectivity index (χ3v) is 6.96. The molecular weight excluding hydrogens is 497 g/mol. The maximum absolute atomic E-state index is 5.08. The number of hydrogen-bond acceptors (Lipinski definition) is 6. The van der Waals surface area contributed by atoms with Crippen molar-refractivity contribution >= 4 is 12.0 Å². The third-order valence-electron chi connectivity index (χ3n) is 6.96. The first-order chi connectivity index (χ1) is 19.8. The van der Waals surface area contributed by atoms with Gasteiger partial charge in [-0.2, -0.15) is 0 Å². The minimum atomic E-state index is -2.12. The summed E-state index contributed by atoms with van der Waals surface area (Å²) in [5.74, 6) is 0. The molecule has 0 N–H and O–H groups in total. The molecule has 0 radical (unpaired) electrons. The van der Waals surface area contributed by atoms with E-state index in [2.05, 4.69) is 27.1 Å². The van der Waals surface area contributed by atoms with Gasteiger partial charge in [-0.05, 0) is 73.2 Å². The van der Waals surface area contributed by atoms with E-state index >= 15 is 0 Å². The average molecular weight is 520 g/mol. The fourth-order valence-corrected chi connectivity index (χ4v) is 5.10. The molecule has 0 aliphatic rings. The lowest BCUT2D eigenvalue weighted by Crippen LogP contribution is -2.68. The predicted molar refractivity (Wildman–Crippen MR) is 154 cm³/mol. The van der Waals surface area contributed by atoms with Crippen molar-refractivity contribution in [2.75, 3.05) is 0 Å². The van der Waals surface area contributed by atoms with Gasteiger partial charge in [0.05, 0.1) is 17.1 Å². The lowest BCUT2D eigenvalue weighted by molar-refractivity contribution is 0.746. The van der Waals surface area contributed by atoms with Crippen LogP contribution in [0.3, 0.4) is 0 Å². The number of pyridine rings is 3. The molecule has 40 heavy (non-hydrogen) atoms. The van der Waals surface area contributed by atoms with Crippen LogP contribution in [0.4, 0.5) is 0 Å². The van der Waals surface area contributed by atoms with Crippen LogP contribution in [-0.4, -0.2) is 50.6 Å². The van der Waals surface area contributed by atoms with Crippen LogP contribution in [0.1, 0.15) is 0 Å². The molecule has 0 atom stereocenters. The first-order valence-corrected chi connectivity index (χ1v) is 12.9. The Kier molecular flexibility index (Phi) is 5.82. The van der Waals surface area contributed by atoms with Crippen molar-refractivity contribution in [1.29, 1.82) is 0 Å². The molecular formula is C30H23BN9-. The monoisotopic (exact) mass is 520 g/mol. The van der Waals surface area contributed by atoms with Crippen LogP contribution in [0.2, 0.25) is 0 Å². The van der Waals surface area contributed by atoms with Gasteiger partial charge in [-0.1, -0.05) is 48.5 Å². The molecule has 0 bridgehead atoms. The van der Waals surface area contributed by atoms with E-state index in [0.717, 1.165) is 39.6 Å². The molecule has 0 saturated carbocycles. The Morgan fingerprint density at radius 2 is 0.750 bits per heavy atom. The van der Waals surface area contributed by atoms with Gasteiger partial charge in [-0.3, -0.25) is 15.0 Å². The van der Waals surface area contributed by atoms with Gasteiger partial charge in [-0.15, -0.1) is 5.46 Å². The van der Waals surface area contributed by atoms with E-state index in [0.29, 0.717) is 0 Å². The maximum Gasteiger partial charge on any atom is 0.369 e. The van der Waals surface area contributed by atoms with Crippen molar-refractivity contribution in [1.82, 2.24) is 44.0 Å². The second-order valence-corrected chi connectivity index (χ2v) is 9.33. The van der Waals surface area contributed by atoms with Gasteiger partial charge in [0.25, 0.3) is 0 Å². The number of aromatic nitrogens is 9. The predicted octanol–water partition coefficient (Wildman–Crippen LogP) is 4.25. The summed E-state index contributed by atoms with van der Waals surface area (Å²) in [4.78, 5) is 13.6. The molecule has 9 nitrogen and oxygen atoms in total. The summed E-state index contributed by atoms with van der Waals surface area (Å²) in [5, 5.41) is 15.2. The lowest BCUT2D eigenvalue weighted by atomic mass is 9.53. The van der Waals surface area contributed by atoms with E-state index in [1.54, 1.807) is 18.6 Å². The molecule has 6 heterocycles. The minimum Gasteiger partial charge on any atom is -0.395 e. The largest absolute Gasteiger partial charge is 0.395 e. The molecule has 0 unspecified atom stereocenters. The minimum absolute atomic E-state index is 0.747. The van der Waals surface area contributed by atoms with Crippen molar-refractivity contribution in [3.05, 3.63) is 140 Å². The van der Waals surface area contributed by atoms with E-state index in [1.807, 2.05) is 123 Å². The molecule has 7 rings (SSSR count). The molecule has 192 valence electrons. The van der Waals surface area contributed by atoms with Gasteiger partial charge in [0, 0.05) is 18.6 Å². The molecule has 7 aromatic rings. The quantitative estimate of drug-likeness (QED) is 0.292. The Morgan fingerprint density at radius 1 is 0.375 bits per heavy atom. The molecule has 0 saturated heterocycles. The Bertz CT molecular complexity index is 1660. The van der Waals surface area contributed by atoms with Crippen LogP contribution < -0.4 is 5.46 Å². The first-order valence-electron chi connectivity index (χ1n) is 12.9. The lowest BCUT2D eigenvalue weighted by Gasteiger charge is -2.42. The van der Waals surface area contributed by atoms with Crippen LogP contribution in [-0.2, 0) is 0 Å². The van der Waals surface area contributed by atoms with E-state index in [-0.39, 0.29) is 0 Å². The van der Waals surface area contributed by atoms with Crippen molar-refractivity contribution in [3.8, 4) is 34.2 Å². The Labute approximate surface area is 230 Å². The van der Waals surface area contributed by atoms with Crippen molar-refractivity contribution in [3.63, 3.8) is 0 Å². The summed E-state index contributed by atoms with van der Waals surface area (Å²) >= 11 is 0. The van der Waals surface area contributed by atoms with Crippen LogP contribution in [0, 0.1) is 0 Å². The standard InChI is InChI=1S/C30H23BN9/c1-2-10-24(11-3-1)31(38-21-15-28(35-38)25-12-4-7-18-32-25,39-22-16-29(36-39)26-13-5-8-19-33-26)40-23-17-30(37-40)27-14-6-9-20-34-27/h1-23H/q-1. The van der Waals surface area contributed by atoms with Crippen molar-refractivity contribution in [2.24, 2.45) is 0 Å². The zero-order valence-corrected chi connectivity index (χ0v) is 21.4. The number of hydrogen-bond donors (Lipinski definition) is 0. The van der Waals surface area contributed by atoms with Gasteiger partial charge >= 0.3 is 6.55 Å². The fourth-order valence-electron chi connectivity index (χ4n) is 5.10. The second-order valence-electron chi connectivity index (χ2n) is 9.33. The summed E-state index contributed by atoms with van der Waals surface area (Å²) in [5.41, 5.74) is 5.55. The van der Waals surface area contributed by atoms with E-state index in [4.69, 9.17) is 15.3 Å². The summed E-state index contributed by atoms with van der Waals surface area (Å²) < 4.78 is 5.80. The van der Waals surface area contributed by atoms with Gasteiger partial charge < -0.3 is 13.8 Å². The highest BCUT2D eigenvalue weighted by Crippen LogP contribution is 2.23. The zero-order valence-electron chi connectivity index (χ0n) is 21.4. The molecule has 0 fully saturated rings. The average Bonchev–Trinajstić information content (AvgIpc) is 3.83. The van der Waals surface area contributed by atoms with Gasteiger partial charge in [-0.25, -0.2) is 15.3 Å². The normalized spacial score (nSPS) is 11.5. The zero-order chi connectivity index (χ0) is 26.8.